The Balaban J connectivity index is 4.42. The Morgan fingerprint density at radius 1 is 1.17 bits per heavy atom. The van der Waals surface area contributed by atoms with Gasteiger partial charge in [-0.05, 0) is 18.1 Å². The van der Waals surface area contributed by atoms with E-state index in [2.05, 4.69) is 32.7 Å². The first-order valence-electron chi connectivity index (χ1n) is 4.90. The van der Waals surface area contributed by atoms with Gasteiger partial charge in [-0.25, -0.2) is 0 Å². The zero-order valence-corrected chi connectivity index (χ0v) is 10.7. The topological polar surface area (TPSA) is 12.0 Å². The van der Waals surface area contributed by atoms with Crippen molar-refractivity contribution >= 4 is 18.6 Å². The first-order valence-corrected chi connectivity index (χ1v) is 8.07. The molecule has 0 aromatic carbocycles. The van der Waals surface area contributed by atoms with Crippen molar-refractivity contribution in [2.45, 2.75) is 51.6 Å². The lowest BCUT2D eigenvalue weighted by Gasteiger charge is -2.34. The summed E-state index contributed by atoms with van der Waals surface area (Å²) in [6.07, 6.45) is 2.36. The summed E-state index contributed by atoms with van der Waals surface area (Å²) in [5.74, 6) is 0. The molecule has 0 rings (SSSR count). The number of halogens is 1. The molecule has 0 spiro atoms. The van der Waals surface area contributed by atoms with Crippen LogP contribution in [0.25, 0.3) is 0 Å². The van der Waals surface area contributed by atoms with Gasteiger partial charge in [0.25, 0.3) is 0 Å². The number of nitrogens with one attached hydrogen (secondary N) is 1. The van der Waals surface area contributed by atoms with Gasteiger partial charge in [-0.2, -0.15) is 0 Å². The van der Waals surface area contributed by atoms with E-state index in [9.17, 15) is 0 Å². The molecule has 0 fully saturated rings. The Kier molecular flexibility index (Phi) is 5.46. The minimum atomic E-state index is -1.71. The molecule has 1 N–H and O–H groups in total. The zero-order chi connectivity index (χ0) is 9.78. The summed E-state index contributed by atoms with van der Waals surface area (Å²) in [6.45, 7) is 8.97. The van der Waals surface area contributed by atoms with Crippen LogP contribution in [-0.2, 0) is 0 Å². The molecule has 2 unspecified atom stereocenters. The third-order valence-corrected chi connectivity index (χ3v) is 10.3. The number of hydrogen-bond donors (Lipinski definition) is 1. The predicted octanol–water partition coefficient (Wildman–Crippen LogP) is 3.49. The zero-order valence-electron chi connectivity index (χ0n) is 8.95. The van der Waals surface area contributed by atoms with Crippen molar-refractivity contribution in [1.82, 2.24) is 4.98 Å². The summed E-state index contributed by atoms with van der Waals surface area (Å²) >= 11 is 6.65. The molecule has 0 aliphatic heterocycles. The highest BCUT2D eigenvalue weighted by Crippen LogP contribution is 2.37. The highest BCUT2D eigenvalue weighted by atomic mass is 35.6. The summed E-state index contributed by atoms with van der Waals surface area (Å²) < 4.78 is 0. The van der Waals surface area contributed by atoms with Crippen molar-refractivity contribution < 1.29 is 0 Å². The van der Waals surface area contributed by atoms with Gasteiger partial charge in [0.05, 0.1) is 0 Å². The summed E-state index contributed by atoms with van der Waals surface area (Å²) in [7, 11) is 0.304. The van der Waals surface area contributed by atoms with Gasteiger partial charge in [-0.1, -0.05) is 40.5 Å². The van der Waals surface area contributed by atoms with Crippen molar-refractivity contribution in [1.29, 1.82) is 0 Å². The van der Waals surface area contributed by atoms with E-state index >= 15 is 0 Å². The largest absolute Gasteiger partial charge is 0.328 e. The van der Waals surface area contributed by atoms with Crippen LogP contribution in [-0.4, -0.2) is 14.6 Å². The lowest BCUT2D eigenvalue weighted by Crippen LogP contribution is -2.49. The van der Waals surface area contributed by atoms with Gasteiger partial charge >= 0.3 is 0 Å². The standard InChI is InChI=1S/C9H22ClNSi/c1-6-8(3)12(10,11-5)9(4)7-2/h8-9,11H,6-7H2,1-5H3. The lowest BCUT2D eigenvalue weighted by atomic mass is 10.4. The van der Waals surface area contributed by atoms with Gasteiger partial charge in [0.2, 0.25) is 7.55 Å². The van der Waals surface area contributed by atoms with Crippen molar-refractivity contribution in [3.05, 3.63) is 0 Å². The van der Waals surface area contributed by atoms with E-state index in [1.165, 1.54) is 12.8 Å². The third-order valence-electron chi connectivity index (χ3n) is 3.04. The minimum absolute atomic E-state index is 0.652. The van der Waals surface area contributed by atoms with Gasteiger partial charge in [-0.15, -0.1) is 11.1 Å². The smallest absolute Gasteiger partial charge is 0.231 e. The summed E-state index contributed by atoms with van der Waals surface area (Å²) in [6, 6.07) is 0. The van der Waals surface area contributed by atoms with Crippen LogP contribution in [0.2, 0.25) is 11.1 Å². The Hall–Kier alpha value is 0.467. The van der Waals surface area contributed by atoms with E-state index in [-0.39, 0.29) is 0 Å². The quantitative estimate of drug-likeness (QED) is 0.538. The normalized spacial score (nSPS) is 21.5. The minimum Gasteiger partial charge on any atom is -0.328 e. The fraction of sp³-hybridized carbons (Fsp3) is 1.00. The van der Waals surface area contributed by atoms with Gasteiger partial charge < -0.3 is 4.98 Å². The molecule has 1 nitrogen and oxygen atoms in total. The van der Waals surface area contributed by atoms with Crippen molar-refractivity contribution in [2.24, 2.45) is 0 Å². The molecule has 0 radical (unpaired) electrons. The Bertz CT molecular complexity index is 120. The lowest BCUT2D eigenvalue weighted by molar-refractivity contribution is 0.747. The van der Waals surface area contributed by atoms with E-state index < -0.39 is 7.55 Å². The molecule has 74 valence electrons. The highest BCUT2D eigenvalue weighted by Gasteiger charge is 2.39. The second-order valence-corrected chi connectivity index (χ2v) is 9.52. The third kappa shape index (κ3) is 2.48. The highest BCUT2D eigenvalue weighted by molar-refractivity contribution is 7.20. The number of hydrogen-bond acceptors (Lipinski definition) is 1. The number of rotatable bonds is 5. The van der Waals surface area contributed by atoms with Crippen LogP contribution in [0.4, 0.5) is 0 Å². The molecular formula is C9H22ClNSi. The Labute approximate surface area is 82.7 Å². The van der Waals surface area contributed by atoms with Crippen molar-refractivity contribution in [3.8, 4) is 0 Å². The summed E-state index contributed by atoms with van der Waals surface area (Å²) in [5.41, 5.74) is 1.30. The fourth-order valence-corrected chi connectivity index (χ4v) is 5.64. The maximum absolute atomic E-state index is 6.65. The van der Waals surface area contributed by atoms with Crippen LogP contribution in [0, 0.1) is 0 Å². The summed E-state index contributed by atoms with van der Waals surface area (Å²) in [4.78, 5) is 3.38. The van der Waals surface area contributed by atoms with Crippen LogP contribution in [0.5, 0.6) is 0 Å². The van der Waals surface area contributed by atoms with Gasteiger partial charge in [0.15, 0.2) is 0 Å². The molecule has 0 amide bonds. The average molecular weight is 208 g/mol. The average Bonchev–Trinajstić information content (AvgIpc) is 2.13. The van der Waals surface area contributed by atoms with Crippen LogP contribution < -0.4 is 4.98 Å². The van der Waals surface area contributed by atoms with Crippen LogP contribution in [0.15, 0.2) is 0 Å². The van der Waals surface area contributed by atoms with E-state index in [1.54, 1.807) is 0 Å². The van der Waals surface area contributed by atoms with E-state index in [1.807, 2.05) is 7.05 Å². The molecule has 3 heteroatoms. The van der Waals surface area contributed by atoms with Crippen molar-refractivity contribution in [3.63, 3.8) is 0 Å². The second-order valence-electron chi connectivity index (χ2n) is 3.64. The first-order chi connectivity index (χ1) is 5.52. The molecular weight excluding hydrogens is 186 g/mol. The predicted molar refractivity (Wildman–Crippen MR) is 60.1 cm³/mol. The second kappa shape index (κ2) is 5.25. The SMILES string of the molecule is CCC(C)[Si](Cl)(NC)C(C)CC. The van der Waals surface area contributed by atoms with Crippen LogP contribution in [0.3, 0.4) is 0 Å². The van der Waals surface area contributed by atoms with E-state index in [0.29, 0.717) is 11.1 Å². The molecule has 0 saturated carbocycles. The molecule has 12 heavy (non-hydrogen) atoms. The van der Waals surface area contributed by atoms with Gasteiger partial charge in [-0.3, -0.25) is 0 Å². The van der Waals surface area contributed by atoms with Crippen LogP contribution >= 0.6 is 11.1 Å². The molecule has 0 aliphatic rings. The molecule has 2 atom stereocenters. The maximum atomic E-state index is 6.65. The molecule has 0 aliphatic carbocycles. The molecule has 0 aromatic heterocycles. The summed E-state index contributed by atoms with van der Waals surface area (Å²) in [5, 5.41) is 0. The monoisotopic (exact) mass is 207 g/mol. The Morgan fingerprint density at radius 3 is 1.67 bits per heavy atom. The Morgan fingerprint density at radius 2 is 1.50 bits per heavy atom. The van der Waals surface area contributed by atoms with E-state index in [0.717, 1.165) is 0 Å². The van der Waals surface area contributed by atoms with Crippen molar-refractivity contribution in [2.75, 3.05) is 7.05 Å². The molecule has 0 bridgehead atoms. The first kappa shape index (κ1) is 12.5. The van der Waals surface area contributed by atoms with Crippen LogP contribution in [0.1, 0.15) is 40.5 Å². The fourth-order valence-electron chi connectivity index (χ4n) is 1.57. The van der Waals surface area contributed by atoms with Gasteiger partial charge in [0.1, 0.15) is 0 Å². The van der Waals surface area contributed by atoms with Gasteiger partial charge in [0, 0.05) is 0 Å². The molecule has 0 aromatic rings. The molecule has 0 saturated heterocycles. The maximum Gasteiger partial charge on any atom is 0.231 e. The van der Waals surface area contributed by atoms with E-state index in [4.69, 9.17) is 11.1 Å². The molecule has 0 heterocycles.